The van der Waals surface area contributed by atoms with Crippen molar-refractivity contribution in [2.24, 2.45) is 0 Å². The van der Waals surface area contributed by atoms with E-state index in [4.69, 9.17) is 5.73 Å². The van der Waals surface area contributed by atoms with Crippen molar-refractivity contribution >= 4 is 17.3 Å². The number of rotatable bonds is 4. The molecule has 3 N–H and O–H groups in total. The Labute approximate surface area is 225 Å². The third kappa shape index (κ3) is 5.69. The minimum absolute atomic E-state index is 0.117. The number of aromatic hydroxyl groups is 1. The number of nitrogen functional groups attached to an aromatic ring is 1. The van der Waals surface area contributed by atoms with Crippen molar-refractivity contribution in [3.8, 4) is 34.9 Å². The minimum Gasteiger partial charge on any atom is -0.507 e. The molecule has 11 heteroatoms. The van der Waals surface area contributed by atoms with Crippen molar-refractivity contribution in [2.45, 2.75) is 25.3 Å². The first-order valence-electron chi connectivity index (χ1n) is 12.7. The molecule has 5 rings (SSSR count). The van der Waals surface area contributed by atoms with Crippen LogP contribution in [0.25, 0.3) is 11.3 Å². The van der Waals surface area contributed by atoms with Crippen LogP contribution in [0.3, 0.4) is 0 Å². The van der Waals surface area contributed by atoms with E-state index in [0.29, 0.717) is 47.2 Å². The zero-order valence-corrected chi connectivity index (χ0v) is 21.5. The number of benzene rings is 1. The van der Waals surface area contributed by atoms with Crippen molar-refractivity contribution < 1.29 is 13.9 Å². The first-order valence-corrected chi connectivity index (χ1v) is 12.7. The number of likely N-dealkylation sites (tertiary alicyclic amines) is 1. The standard InChI is InChI=1S/C28H28F2N8O/c1-19-10-12-37(24-15-23(34-35-27(24)32)21-5-2-3-7-25(21)39)13-14-38(19)26-9-8-20(16-31)22(33-26)6-4-11-36-17-28(29,30)18-36/h2-3,5,7-9,15,19,39H,10-14,17-18H2,1H3,(H2,32,35)/t19-/m1/s1. The van der Waals surface area contributed by atoms with E-state index >= 15 is 0 Å². The molecule has 2 aliphatic rings. The lowest BCUT2D eigenvalue weighted by Gasteiger charge is -2.37. The van der Waals surface area contributed by atoms with E-state index in [1.54, 1.807) is 29.2 Å². The second-order valence-corrected chi connectivity index (χ2v) is 9.82. The summed E-state index contributed by atoms with van der Waals surface area (Å²) >= 11 is 0. The zero-order chi connectivity index (χ0) is 27.6. The molecular weight excluding hydrogens is 502 g/mol. The Morgan fingerprint density at radius 1 is 1.13 bits per heavy atom. The molecule has 200 valence electrons. The number of halogens is 2. The summed E-state index contributed by atoms with van der Waals surface area (Å²) in [6.45, 7) is 3.69. The van der Waals surface area contributed by atoms with Gasteiger partial charge in [0.2, 0.25) is 0 Å². The van der Waals surface area contributed by atoms with Gasteiger partial charge in [-0.15, -0.1) is 10.2 Å². The predicted molar refractivity (Wildman–Crippen MR) is 144 cm³/mol. The van der Waals surface area contributed by atoms with Crippen LogP contribution in [0.5, 0.6) is 5.75 Å². The highest BCUT2D eigenvalue weighted by atomic mass is 19.3. The quantitative estimate of drug-likeness (QED) is 0.491. The number of phenols is 1. The fourth-order valence-corrected chi connectivity index (χ4v) is 4.86. The second kappa shape index (κ2) is 10.7. The first kappa shape index (κ1) is 26.1. The van der Waals surface area contributed by atoms with Gasteiger partial charge in [-0.05, 0) is 49.6 Å². The van der Waals surface area contributed by atoms with Crippen molar-refractivity contribution in [1.82, 2.24) is 20.1 Å². The van der Waals surface area contributed by atoms with Crippen LogP contribution in [0.2, 0.25) is 0 Å². The van der Waals surface area contributed by atoms with Gasteiger partial charge in [-0.1, -0.05) is 18.1 Å². The highest BCUT2D eigenvalue weighted by Gasteiger charge is 2.43. The highest BCUT2D eigenvalue weighted by Crippen LogP contribution is 2.32. The van der Waals surface area contributed by atoms with E-state index in [1.165, 1.54) is 0 Å². The third-order valence-corrected chi connectivity index (χ3v) is 7.00. The van der Waals surface area contributed by atoms with E-state index in [1.807, 2.05) is 18.2 Å². The molecule has 9 nitrogen and oxygen atoms in total. The summed E-state index contributed by atoms with van der Waals surface area (Å²) in [5.41, 5.74) is 8.76. The number of nitriles is 1. The van der Waals surface area contributed by atoms with Crippen molar-refractivity contribution in [3.63, 3.8) is 0 Å². The zero-order valence-electron chi connectivity index (χ0n) is 21.5. The molecule has 0 unspecified atom stereocenters. The molecule has 2 fully saturated rings. The number of nitrogens with two attached hydrogens (primary N) is 1. The van der Waals surface area contributed by atoms with Crippen LogP contribution in [0, 0.1) is 23.2 Å². The number of para-hydroxylation sites is 1. The highest BCUT2D eigenvalue weighted by molar-refractivity contribution is 5.74. The maximum atomic E-state index is 13.1. The molecule has 2 aromatic heterocycles. The third-order valence-electron chi connectivity index (χ3n) is 7.00. The number of hydrogen-bond donors (Lipinski definition) is 2. The number of pyridine rings is 1. The van der Waals surface area contributed by atoms with Crippen molar-refractivity contribution in [1.29, 1.82) is 5.26 Å². The normalized spacial score (nSPS) is 18.9. The molecule has 0 spiro atoms. The Hall–Kier alpha value is -4.48. The summed E-state index contributed by atoms with van der Waals surface area (Å²) in [7, 11) is 0. The number of anilines is 3. The number of hydrogen-bond acceptors (Lipinski definition) is 9. The van der Waals surface area contributed by atoms with E-state index in [2.05, 4.69) is 49.8 Å². The van der Waals surface area contributed by atoms with Gasteiger partial charge in [0.05, 0.1) is 36.6 Å². The fourth-order valence-electron chi connectivity index (χ4n) is 4.86. The molecule has 1 aromatic carbocycles. The van der Waals surface area contributed by atoms with Gasteiger partial charge in [0.25, 0.3) is 5.92 Å². The van der Waals surface area contributed by atoms with Gasteiger partial charge in [-0.25, -0.2) is 13.8 Å². The molecule has 2 aliphatic heterocycles. The van der Waals surface area contributed by atoms with E-state index in [9.17, 15) is 19.1 Å². The van der Waals surface area contributed by atoms with Gasteiger partial charge in [0, 0.05) is 31.2 Å². The average molecular weight is 531 g/mol. The molecular formula is C28H28F2N8O. The van der Waals surface area contributed by atoms with E-state index in [0.717, 1.165) is 18.7 Å². The Morgan fingerprint density at radius 2 is 1.92 bits per heavy atom. The molecule has 0 amide bonds. The lowest BCUT2D eigenvalue weighted by atomic mass is 10.1. The molecule has 0 bridgehead atoms. The largest absolute Gasteiger partial charge is 0.507 e. The molecule has 3 aromatic rings. The molecule has 4 heterocycles. The van der Waals surface area contributed by atoms with Gasteiger partial charge in [-0.3, -0.25) is 4.90 Å². The summed E-state index contributed by atoms with van der Waals surface area (Å²) in [6.07, 6.45) is 0.805. The Balaban J connectivity index is 1.34. The van der Waals surface area contributed by atoms with Gasteiger partial charge in [0.1, 0.15) is 23.3 Å². The monoisotopic (exact) mass is 530 g/mol. The number of phenolic OH excluding ortho intramolecular Hbond substituents is 1. The fraction of sp³-hybridized carbons (Fsp3) is 0.357. The van der Waals surface area contributed by atoms with Crippen LogP contribution < -0.4 is 15.5 Å². The molecule has 39 heavy (non-hydrogen) atoms. The molecule has 0 aliphatic carbocycles. The van der Waals surface area contributed by atoms with Gasteiger partial charge in [0.15, 0.2) is 5.82 Å². The smallest absolute Gasteiger partial charge is 0.273 e. The Bertz CT molecular complexity index is 1470. The number of aromatic nitrogens is 3. The van der Waals surface area contributed by atoms with Gasteiger partial charge in [-0.2, -0.15) is 5.26 Å². The second-order valence-electron chi connectivity index (χ2n) is 9.82. The van der Waals surface area contributed by atoms with Gasteiger partial charge >= 0.3 is 0 Å². The molecule has 2 saturated heterocycles. The lowest BCUT2D eigenvalue weighted by Crippen LogP contribution is -2.55. The predicted octanol–water partition coefficient (Wildman–Crippen LogP) is 3.11. The lowest BCUT2D eigenvalue weighted by molar-refractivity contribution is -0.125. The average Bonchev–Trinajstić information content (AvgIpc) is 3.09. The van der Waals surface area contributed by atoms with Crippen LogP contribution in [0.15, 0.2) is 42.5 Å². The number of nitrogens with zero attached hydrogens (tertiary/aromatic N) is 7. The Morgan fingerprint density at radius 3 is 2.67 bits per heavy atom. The van der Waals surface area contributed by atoms with Crippen LogP contribution in [-0.2, 0) is 0 Å². The van der Waals surface area contributed by atoms with Crippen LogP contribution >= 0.6 is 0 Å². The maximum Gasteiger partial charge on any atom is 0.273 e. The van der Waals surface area contributed by atoms with Gasteiger partial charge < -0.3 is 20.6 Å². The summed E-state index contributed by atoms with van der Waals surface area (Å²) < 4.78 is 26.2. The topological polar surface area (TPSA) is 118 Å². The Kier molecular flexibility index (Phi) is 7.18. The minimum atomic E-state index is -2.64. The molecule has 0 saturated carbocycles. The summed E-state index contributed by atoms with van der Waals surface area (Å²) in [5, 5.41) is 28.1. The van der Waals surface area contributed by atoms with Crippen molar-refractivity contribution in [2.75, 3.05) is 54.8 Å². The van der Waals surface area contributed by atoms with Crippen LogP contribution in [0.1, 0.15) is 24.6 Å². The van der Waals surface area contributed by atoms with Crippen molar-refractivity contribution in [3.05, 3.63) is 53.7 Å². The summed E-state index contributed by atoms with van der Waals surface area (Å²) in [4.78, 5) is 10.5. The summed E-state index contributed by atoms with van der Waals surface area (Å²) in [5.74, 6) is 4.27. The summed E-state index contributed by atoms with van der Waals surface area (Å²) in [6, 6.07) is 14.6. The van der Waals surface area contributed by atoms with Crippen LogP contribution in [-0.4, -0.2) is 76.4 Å². The first-order chi connectivity index (χ1) is 18.7. The SMILES string of the molecule is C[C@@H]1CCN(c2cc(-c3ccccc3O)nnc2N)CCN1c1ccc(C#N)c(C#CCN2CC(F)(F)C2)n1. The molecule has 0 radical (unpaired) electrons. The maximum absolute atomic E-state index is 13.1. The molecule has 1 atom stereocenters. The van der Waals surface area contributed by atoms with E-state index in [-0.39, 0.29) is 31.4 Å². The number of alkyl halides is 2. The van der Waals surface area contributed by atoms with E-state index < -0.39 is 5.92 Å². The van der Waals surface area contributed by atoms with Crippen LogP contribution in [0.4, 0.5) is 26.1 Å².